The van der Waals surface area contributed by atoms with Gasteiger partial charge in [0.1, 0.15) is 0 Å². The molecule has 2 saturated carbocycles. The summed E-state index contributed by atoms with van der Waals surface area (Å²) in [5.41, 5.74) is 0. The maximum atomic E-state index is 4.21. The molecule has 2 atom stereocenters. The summed E-state index contributed by atoms with van der Waals surface area (Å²) in [5, 5.41) is 5.10. The molecule has 2 aliphatic carbocycles. The van der Waals surface area contributed by atoms with Gasteiger partial charge in [-0.3, -0.25) is 0 Å². The fourth-order valence-electron chi connectivity index (χ4n) is 5.23. The van der Waals surface area contributed by atoms with Crippen LogP contribution in [0.1, 0.15) is 135 Å². The van der Waals surface area contributed by atoms with Crippen LogP contribution in [0.25, 0.3) is 0 Å². The Morgan fingerprint density at radius 1 is 0.481 bits per heavy atom. The van der Waals surface area contributed by atoms with E-state index in [1.54, 1.807) is 0 Å². The molecule has 0 aromatic heterocycles. The van der Waals surface area contributed by atoms with Crippen LogP contribution in [0.3, 0.4) is 0 Å². The summed E-state index contributed by atoms with van der Waals surface area (Å²) < 4.78 is 0. The van der Waals surface area contributed by atoms with Crippen molar-refractivity contribution < 1.29 is 0 Å². The Labute approximate surface area is 175 Å². The molecule has 0 amide bonds. The van der Waals surface area contributed by atoms with E-state index in [0.29, 0.717) is 0 Å². The highest BCUT2D eigenvalue weighted by Gasteiger charge is 2.20. The van der Waals surface area contributed by atoms with Crippen LogP contribution in [0, 0.1) is 0 Å². The molecule has 1 N–H and O–H groups in total. The predicted molar refractivity (Wildman–Crippen MR) is 125 cm³/mol. The van der Waals surface area contributed by atoms with Crippen molar-refractivity contribution in [1.82, 2.24) is 5.32 Å². The van der Waals surface area contributed by atoms with E-state index in [1.807, 2.05) is 0 Å². The van der Waals surface area contributed by atoms with Crippen molar-refractivity contribution in [3.05, 3.63) is 0 Å². The summed E-state index contributed by atoms with van der Waals surface area (Å²) >= 11 is 2.14. The first kappa shape index (κ1) is 23.6. The maximum Gasteiger partial charge on any atom is 0.00801 e. The van der Waals surface area contributed by atoms with Crippen molar-refractivity contribution in [1.29, 1.82) is 0 Å². The van der Waals surface area contributed by atoms with E-state index in [0.717, 1.165) is 17.3 Å². The molecule has 2 rings (SSSR count). The minimum Gasteiger partial charge on any atom is -0.311 e. The molecule has 0 aliphatic heterocycles. The molecule has 2 fully saturated rings. The summed E-state index contributed by atoms with van der Waals surface area (Å²) in [5.74, 6) is 0. The normalized spacial score (nSPS) is 29.7. The van der Waals surface area contributed by atoms with Crippen LogP contribution in [0.5, 0.6) is 0 Å². The molecule has 0 aromatic rings. The Kier molecular flexibility index (Phi) is 14.1. The third-order valence-electron chi connectivity index (χ3n) is 7.04. The minimum atomic E-state index is 0.779. The maximum absolute atomic E-state index is 4.21. The molecule has 2 heteroatoms. The quantitative estimate of drug-likeness (QED) is 0.516. The number of rotatable bonds is 3. The van der Waals surface area contributed by atoms with Gasteiger partial charge in [-0.15, -0.1) is 0 Å². The molecule has 27 heavy (non-hydrogen) atoms. The summed E-state index contributed by atoms with van der Waals surface area (Å²) in [6, 6.07) is 1.57. The summed E-state index contributed by atoms with van der Waals surface area (Å²) in [6.07, 6.45) is 33.0. The molecule has 2 unspecified atom stereocenters. The zero-order valence-corrected chi connectivity index (χ0v) is 19.3. The SMILES string of the molecule is CSC1CCCCCCCCC(NC2CCCCCCCCCCCC2)C1. The highest BCUT2D eigenvalue weighted by atomic mass is 32.2. The molecular weight excluding hydrogens is 346 g/mol. The zero-order chi connectivity index (χ0) is 19.0. The van der Waals surface area contributed by atoms with Gasteiger partial charge in [-0.2, -0.15) is 11.8 Å². The van der Waals surface area contributed by atoms with Crippen LogP contribution in [0.2, 0.25) is 0 Å². The fraction of sp³-hybridized carbons (Fsp3) is 1.00. The number of hydrogen-bond donors (Lipinski definition) is 1. The van der Waals surface area contributed by atoms with Crippen LogP contribution in [-0.4, -0.2) is 23.6 Å². The summed E-state index contributed by atoms with van der Waals surface area (Å²) in [6.45, 7) is 0. The molecule has 0 radical (unpaired) electrons. The van der Waals surface area contributed by atoms with Crippen molar-refractivity contribution in [2.45, 2.75) is 152 Å². The largest absolute Gasteiger partial charge is 0.311 e. The van der Waals surface area contributed by atoms with Crippen LogP contribution >= 0.6 is 11.8 Å². The van der Waals surface area contributed by atoms with Crippen molar-refractivity contribution in [3.8, 4) is 0 Å². The molecule has 0 bridgehead atoms. The van der Waals surface area contributed by atoms with Crippen LogP contribution in [0.15, 0.2) is 0 Å². The average Bonchev–Trinajstić information content (AvgIpc) is 2.70. The smallest absolute Gasteiger partial charge is 0.00801 e. The number of hydrogen-bond acceptors (Lipinski definition) is 2. The second-order valence-electron chi connectivity index (χ2n) is 9.47. The third-order valence-corrected chi connectivity index (χ3v) is 8.13. The van der Waals surface area contributed by atoms with Gasteiger partial charge >= 0.3 is 0 Å². The van der Waals surface area contributed by atoms with Gasteiger partial charge in [0.25, 0.3) is 0 Å². The monoisotopic (exact) mass is 395 g/mol. The Morgan fingerprint density at radius 3 is 1.30 bits per heavy atom. The number of thioether (sulfide) groups is 1. The van der Waals surface area contributed by atoms with E-state index in [-0.39, 0.29) is 0 Å². The van der Waals surface area contributed by atoms with Crippen molar-refractivity contribution in [3.63, 3.8) is 0 Å². The number of nitrogens with one attached hydrogen (secondary N) is 1. The van der Waals surface area contributed by atoms with Gasteiger partial charge in [-0.05, 0) is 38.4 Å². The van der Waals surface area contributed by atoms with Gasteiger partial charge in [-0.25, -0.2) is 0 Å². The highest BCUT2D eigenvalue weighted by Crippen LogP contribution is 2.26. The lowest BCUT2D eigenvalue weighted by Crippen LogP contribution is -2.40. The third kappa shape index (κ3) is 11.8. The molecule has 1 nitrogen and oxygen atoms in total. The molecule has 160 valence electrons. The second-order valence-corrected chi connectivity index (χ2v) is 10.6. The first-order chi connectivity index (χ1) is 13.4. The van der Waals surface area contributed by atoms with E-state index in [1.165, 1.54) is 135 Å². The molecule has 0 saturated heterocycles. The van der Waals surface area contributed by atoms with Gasteiger partial charge in [0.15, 0.2) is 0 Å². The van der Waals surface area contributed by atoms with Gasteiger partial charge in [0, 0.05) is 17.3 Å². The van der Waals surface area contributed by atoms with Crippen molar-refractivity contribution in [2.75, 3.05) is 6.26 Å². The predicted octanol–water partition coefficient (Wildman–Crippen LogP) is 8.26. The Bertz CT molecular complexity index is 318. The van der Waals surface area contributed by atoms with Gasteiger partial charge in [0.2, 0.25) is 0 Å². The molecule has 0 aromatic carbocycles. The first-order valence-corrected chi connectivity index (χ1v) is 14.0. The Balaban J connectivity index is 1.85. The van der Waals surface area contributed by atoms with Gasteiger partial charge in [0.05, 0.1) is 0 Å². The van der Waals surface area contributed by atoms with Crippen LogP contribution in [0.4, 0.5) is 0 Å². The van der Waals surface area contributed by atoms with E-state index in [2.05, 4.69) is 23.3 Å². The molecule has 0 heterocycles. The molecule has 0 spiro atoms. The zero-order valence-electron chi connectivity index (χ0n) is 18.5. The van der Waals surface area contributed by atoms with Crippen molar-refractivity contribution >= 4 is 11.8 Å². The summed E-state index contributed by atoms with van der Waals surface area (Å²) in [7, 11) is 0. The van der Waals surface area contributed by atoms with E-state index in [4.69, 9.17) is 0 Å². The topological polar surface area (TPSA) is 12.0 Å². The van der Waals surface area contributed by atoms with E-state index < -0.39 is 0 Å². The van der Waals surface area contributed by atoms with E-state index in [9.17, 15) is 0 Å². The molecular formula is C25H49NS. The van der Waals surface area contributed by atoms with Crippen LogP contribution < -0.4 is 5.32 Å². The fourth-order valence-corrected chi connectivity index (χ4v) is 6.06. The standard InChI is InChI=1S/C25H49NS/c1-27-25-21-17-13-9-8-12-16-20-24(22-25)26-23-18-14-10-6-4-2-3-5-7-11-15-19-23/h23-26H,2-22H2,1H3. The lowest BCUT2D eigenvalue weighted by Gasteiger charge is -2.29. The molecule has 2 aliphatic rings. The average molecular weight is 396 g/mol. The second kappa shape index (κ2) is 16.1. The Hall–Kier alpha value is 0.310. The lowest BCUT2D eigenvalue weighted by atomic mass is 9.97. The highest BCUT2D eigenvalue weighted by molar-refractivity contribution is 7.99. The summed E-state index contributed by atoms with van der Waals surface area (Å²) in [4.78, 5) is 0. The van der Waals surface area contributed by atoms with Crippen molar-refractivity contribution in [2.24, 2.45) is 0 Å². The first-order valence-electron chi connectivity index (χ1n) is 12.7. The van der Waals surface area contributed by atoms with Gasteiger partial charge < -0.3 is 5.32 Å². The van der Waals surface area contributed by atoms with E-state index >= 15 is 0 Å². The Morgan fingerprint density at radius 2 is 0.852 bits per heavy atom. The van der Waals surface area contributed by atoms with Gasteiger partial charge in [-0.1, -0.05) is 103 Å². The van der Waals surface area contributed by atoms with Crippen LogP contribution in [-0.2, 0) is 0 Å². The lowest BCUT2D eigenvalue weighted by molar-refractivity contribution is 0.335. The minimum absolute atomic E-state index is 0.779.